The molecule has 0 spiro atoms. The first-order valence-corrected chi connectivity index (χ1v) is 6.06. The number of hydrogen-bond donors (Lipinski definition) is 0. The van der Waals surface area contributed by atoms with Crippen LogP contribution in [-0.2, 0) is 0 Å². The molecular weight excluding hydrogens is 172 g/mol. The maximum Gasteiger partial charge on any atom is -0.0351 e. The SMILES string of the molecule is CCC=CCCCCCCCCC.O. The van der Waals surface area contributed by atoms with E-state index in [4.69, 9.17) is 0 Å². The molecule has 0 saturated carbocycles. The van der Waals surface area contributed by atoms with Gasteiger partial charge in [0.1, 0.15) is 0 Å². The molecule has 0 radical (unpaired) electrons. The largest absolute Gasteiger partial charge is 0.412 e. The molecule has 0 aromatic heterocycles. The molecule has 0 aliphatic heterocycles. The minimum Gasteiger partial charge on any atom is -0.412 e. The zero-order valence-corrected chi connectivity index (χ0v) is 10.0. The summed E-state index contributed by atoms with van der Waals surface area (Å²) in [5.74, 6) is 0. The molecular formula is C13H28O. The molecule has 0 bridgehead atoms. The Labute approximate surface area is 89.9 Å². The molecule has 0 aromatic rings. The van der Waals surface area contributed by atoms with Crippen LogP contribution in [0.25, 0.3) is 0 Å². The average molecular weight is 200 g/mol. The molecule has 0 unspecified atom stereocenters. The van der Waals surface area contributed by atoms with E-state index in [2.05, 4.69) is 26.0 Å². The quantitative estimate of drug-likeness (QED) is 0.393. The molecule has 0 aromatic carbocycles. The first-order chi connectivity index (χ1) is 6.41. The van der Waals surface area contributed by atoms with Gasteiger partial charge in [-0.05, 0) is 19.3 Å². The molecule has 1 nitrogen and oxygen atoms in total. The Hall–Kier alpha value is -0.300. The summed E-state index contributed by atoms with van der Waals surface area (Å²) in [4.78, 5) is 0. The molecule has 14 heavy (non-hydrogen) atoms. The van der Waals surface area contributed by atoms with Crippen molar-refractivity contribution in [3.63, 3.8) is 0 Å². The molecule has 0 saturated heterocycles. The molecule has 0 amide bonds. The first kappa shape index (κ1) is 16.1. The molecule has 0 heterocycles. The Morgan fingerprint density at radius 3 is 1.86 bits per heavy atom. The first-order valence-electron chi connectivity index (χ1n) is 6.06. The highest BCUT2D eigenvalue weighted by Crippen LogP contribution is 2.08. The lowest BCUT2D eigenvalue weighted by atomic mass is 10.1. The molecule has 0 rings (SSSR count). The summed E-state index contributed by atoms with van der Waals surface area (Å²) >= 11 is 0. The van der Waals surface area contributed by atoms with Crippen molar-refractivity contribution in [3.05, 3.63) is 12.2 Å². The van der Waals surface area contributed by atoms with Crippen LogP contribution in [0.2, 0.25) is 0 Å². The highest BCUT2D eigenvalue weighted by molar-refractivity contribution is 4.79. The van der Waals surface area contributed by atoms with Crippen molar-refractivity contribution in [2.75, 3.05) is 0 Å². The molecule has 86 valence electrons. The standard InChI is InChI=1S/C13H26.H2O/c1-3-5-7-9-11-13-12-10-8-6-4-2;/h5,7H,3-4,6,8-13H2,1-2H3;1H2. The highest BCUT2D eigenvalue weighted by atomic mass is 16.0. The van der Waals surface area contributed by atoms with Crippen molar-refractivity contribution in [3.8, 4) is 0 Å². The number of unbranched alkanes of at least 4 members (excludes halogenated alkanes) is 7. The maximum absolute atomic E-state index is 2.33. The monoisotopic (exact) mass is 200 g/mol. The van der Waals surface area contributed by atoms with Crippen LogP contribution in [0.4, 0.5) is 0 Å². The molecule has 0 aliphatic rings. The normalized spacial score (nSPS) is 10.4. The van der Waals surface area contributed by atoms with Crippen LogP contribution in [0.15, 0.2) is 12.2 Å². The second kappa shape index (κ2) is 15.2. The van der Waals surface area contributed by atoms with Gasteiger partial charge in [-0.3, -0.25) is 0 Å². The van der Waals surface area contributed by atoms with Gasteiger partial charge in [-0.15, -0.1) is 0 Å². The summed E-state index contributed by atoms with van der Waals surface area (Å²) < 4.78 is 0. The second-order valence-electron chi connectivity index (χ2n) is 3.79. The lowest BCUT2D eigenvalue weighted by Gasteiger charge is -1.98. The van der Waals surface area contributed by atoms with E-state index in [9.17, 15) is 0 Å². The second-order valence-corrected chi connectivity index (χ2v) is 3.79. The Morgan fingerprint density at radius 1 is 0.714 bits per heavy atom. The highest BCUT2D eigenvalue weighted by Gasteiger charge is 1.88. The molecule has 1 heteroatoms. The Kier molecular flexibility index (Phi) is 17.5. The van der Waals surface area contributed by atoms with Crippen LogP contribution in [0.1, 0.15) is 71.6 Å². The van der Waals surface area contributed by atoms with E-state index in [1.807, 2.05) is 0 Å². The smallest absolute Gasteiger partial charge is 0.0351 e. The van der Waals surface area contributed by atoms with Gasteiger partial charge in [0.2, 0.25) is 0 Å². The van der Waals surface area contributed by atoms with E-state index in [-0.39, 0.29) is 5.48 Å². The van der Waals surface area contributed by atoms with Crippen LogP contribution < -0.4 is 0 Å². The predicted molar refractivity (Wildman–Crippen MR) is 65.7 cm³/mol. The summed E-state index contributed by atoms with van der Waals surface area (Å²) in [6.07, 6.45) is 17.0. The van der Waals surface area contributed by atoms with Gasteiger partial charge in [-0.2, -0.15) is 0 Å². The van der Waals surface area contributed by atoms with Crippen molar-refractivity contribution in [1.29, 1.82) is 0 Å². The van der Waals surface area contributed by atoms with Gasteiger partial charge in [0, 0.05) is 0 Å². The molecule has 0 aliphatic carbocycles. The lowest BCUT2D eigenvalue weighted by Crippen LogP contribution is -1.78. The van der Waals surface area contributed by atoms with E-state index in [0.29, 0.717) is 0 Å². The molecule has 0 atom stereocenters. The zero-order chi connectivity index (χ0) is 9.78. The van der Waals surface area contributed by atoms with Crippen molar-refractivity contribution in [2.45, 2.75) is 71.6 Å². The van der Waals surface area contributed by atoms with Gasteiger partial charge in [0.15, 0.2) is 0 Å². The number of hydrogen-bond acceptors (Lipinski definition) is 0. The van der Waals surface area contributed by atoms with Crippen molar-refractivity contribution >= 4 is 0 Å². The lowest BCUT2D eigenvalue weighted by molar-refractivity contribution is 0.592. The molecule has 0 fully saturated rings. The fourth-order valence-corrected chi connectivity index (χ4v) is 1.50. The predicted octanol–water partition coefficient (Wildman–Crippen LogP) is 4.27. The third-order valence-corrected chi connectivity index (χ3v) is 2.38. The average Bonchev–Trinajstić information content (AvgIpc) is 2.16. The van der Waals surface area contributed by atoms with E-state index >= 15 is 0 Å². The summed E-state index contributed by atoms with van der Waals surface area (Å²) in [5.41, 5.74) is 0. The Morgan fingerprint density at radius 2 is 1.29 bits per heavy atom. The fraction of sp³-hybridized carbons (Fsp3) is 0.846. The van der Waals surface area contributed by atoms with Crippen molar-refractivity contribution in [1.82, 2.24) is 0 Å². The van der Waals surface area contributed by atoms with Crippen molar-refractivity contribution in [2.24, 2.45) is 0 Å². The number of rotatable bonds is 9. The van der Waals surface area contributed by atoms with Crippen LogP contribution in [0, 0.1) is 0 Å². The van der Waals surface area contributed by atoms with Gasteiger partial charge in [-0.25, -0.2) is 0 Å². The van der Waals surface area contributed by atoms with E-state index < -0.39 is 0 Å². The van der Waals surface area contributed by atoms with Crippen LogP contribution in [-0.4, -0.2) is 5.48 Å². The summed E-state index contributed by atoms with van der Waals surface area (Å²) in [6, 6.07) is 0. The van der Waals surface area contributed by atoms with Gasteiger partial charge >= 0.3 is 0 Å². The van der Waals surface area contributed by atoms with Crippen LogP contribution in [0.5, 0.6) is 0 Å². The molecule has 2 N–H and O–H groups in total. The Balaban J connectivity index is 0. The maximum atomic E-state index is 2.33. The zero-order valence-electron chi connectivity index (χ0n) is 10.0. The van der Waals surface area contributed by atoms with Crippen LogP contribution >= 0.6 is 0 Å². The van der Waals surface area contributed by atoms with Gasteiger partial charge in [-0.1, -0.05) is 64.5 Å². The van der Waals surface area contributed by atoms with E-state index in [1.165, 1.54) is 57.8 Å². The summed E-state index contributed by atoms with van der Waals surface area (Å²) in [5, 5.41) is 0. The van der Waals surface area contributed by atoms with E-state index in [1.54, 1.807) is 0 Å². The third kappa shape index (κ3) is 14.2. The number of allylic oxidation sites excluding steroid dienone is 2. The van der Waals surface area contributed by atoms with E-state index in [0.717, 1.165) is 0 Å². The minimum absolute atomic E-state index is 0. The minimum atomic E-state index is 0. The Bertz CT molecular complexity index is 108. The fourth-order valence-electron chi connectivity index (χ4n) is 1.50. The van der Waals surface area contributed by atoms with Gasteiger partial charge in [0.05, 0.1) is 0 Å². The van der Waals surface area contributed by atoms with Gasteiger partial charge < -0.3 is 5.48 Å². The summed E-state index contributed by atoms with van der Waals surface area (Å²) in [7, 11) is 0. The van der Waals surface area contributed by atoms with Crippen molar-refractivity contribution < 1.29 is 5.48 Å². The van der Waals surface area contributed by atoms with Crippen LogP contribution in [0.3, 0.4) is 0 Å². The topological polar surface area (TPSA) is 31.5 Å². The third-order valence-electron chi connectivity index (χ3n) is 2.38. The summed E-state index contributed by atoms with van der Waals surface area (Å²) in [6.45, 7) is 4.47. The van der Waals surface area contributed by atoms with Gasteiger partial charge in [0.25, 0.3) is 0 Å².